The van der Waals surface area contributed by atoms with Gasteiger partial charge in [-0.2, -0.15) is 4.98 Å². The number of aromatic nitrogens is 2. The molecule has 0 aliphatic carbocycles. The normalized spacial score (nSPS) is 26.8. The molecule has 1 saturated heterocycles. The first-order valence-corrected chi connectivity index (χ1v) is 8.50. The molecule has 3 unspecified atom stereocenters. The van der Waals surface area contributed by atoms with E-state index < -0.39 is 0 Å². The number of nitrogens with zero attached hydrogens (tertiary/aromatic N) is 5. The molecule has 4 heterocycles. The maximum Gasteiger partial charge on any atom is 0.257 e. The Morgan fingerprint density at radius 2 is 2.28 bits per heavy atom. The molecule has 3 aliphatic rings. The predicted molar refractivity (Wildman–Crippen MR) is 90.6 cm³/mol. The smallest absolute Gasteiger partial charge is 0.257 e. The summed E-state index contributed by atoms with van der Waals surface area (Å²) in [6, 6.07) is 5.12. The van der Waals surface area contributed by atoms with Gasteiger partial charge in [0.05, 0.1) is 41.2 Å². The number of anilines is 1. The third-order valence-electron chi connectivity index (χ3n) is 5.12. The second-order valence-corrected chi connectivity index (χ2v) is 6.75. The van der Waals surface area contributed by atoms with Gasteiger partial charge in [-0.3, -0.25) is 9.79 Å². The summed E-state index contributed by atoms with van der Waals surface area (Å²) in [5.41, 5.74) is 6.86. The number of rotatable bonds is 2. The summed E-state index contributed by atoms with van der Waals surface area (Å²) in [5.74, 6) is 0.838. The van der Waals surface area contributed by atoms with Crippen LogP contribution in [-0.2, 0) is 6.54 Å². The van der Waals surface area contributed by atoms with E-state index in [-0.39, 0.29) is 30.6 Å². The Bertz CT molecular complexity index is 897. The minimum atomic E-state index is -0.311. The molecule has 3 aliphatic heterocycles. The lowest BCUT2D eigenvalue weighted by molar-refractivity contribution is 0.0407. The second-order valence-electron chi connectivity index (χ2n) is 6.35. The first kappa shape index (κ1) is 14.9. The molecule has 0 bridgehead atoms. The molecule has 3 atom stereocenters. The molecule has 1 aromatic heterocycles. The SMILES string of the molecule is NCc1nc(C2N=CN3c4cccc(Cl)c4C(=O)N4CCC4C23)no1. The van der Waals surface area contributed by atoms with Crippen molar-refractivity contribution >= 4 is 29.5 Å². The Labute approximate surface area is 148 Å². The lowest BCUT2D eigenvalue weighted by Crippen LogP contribution is -2.59. The number of nitrogens with two attached hydrogens (primary N) is 1. The van der Waals surface area contributed by atoms with Gasteiger partial charge >= 0.3 is 0 Å². The molecule has 1 amide bonds. The molecule has 25 heavy (non-hydrogen) atoms. The van der Waals surface area contributed by atoms with E-state index in [2.05, 4.69) is 15.1 Å². The van der Waals surface area contributed by atoms with E-state index in [4.69, 9.17) is 21.9 Å². The summed E-state index contributed by atoms with van der Waals surface area (Å²) in [6.45, 7) is 0.899. The van der Waals surface area contributed by atoms with E-state index in [1.54, 1.807) is 12.4 Å². The van der Waals surface area contributed by atoms with Gasteiger partial charge in [-0.1, -0.05) is 22.8 Å². The van der Waals surface area contributed by atoms with Crippen LogP contribution < -0.4 is 10.6 Å². The predicted octanol–water partition coefficient (Wildman–Crippen LogP) is 1.37. The molecule has 8 nitrogen and oxygen atoms in total. The van der Waals surface area contributed by atoms with Gasteiger partial charge in [-0.25, -0.2) is 0 Å². The largest absolute Gasteiger partial charge is 0.338 e. The van der Waals surface area contributed by atoms with Crippen LogP contribution in [0.25, 0.3) is 0 Å². The van der Waals surface area contributed by atoms with E-state index in [1.807, 2.05) is 21.9 Å². The Balaban J connectivity index is 1.63. The van der Waals surface area contributed by atoms with Gasteiger partial charge in [0, 0.05) is 6.54 Å². The van der Waals surface area contributed by atoms with Crippen molar-refractivity contribution in [3.05, 3.63) is 40.5 Å². The van der Waals surface area contributed by atoms with Crippen LogP contribution in [0.15, 0.2) is 27.7 Å². The molecule has 0 spiro atoms. The van der Waals surface area contributed by atoms with Crippen molar-refractivity contribution in [2.24, 2.45) is 10.7 Å². The molecule has 5 rings (SSSR count). The molecule has 128 valence electrons. The van der Waals surface area contributed by atoms with Crippen LogP contribution in [0.4, 0.5) is 5.69 Å². The Hall–Kier alpha value is -2.45. The number of carbonyl (C=O) groups is 1. The molecule has 2 N–H and O–H groups in total. The number of benzene rings is 1. The maximum atomic E-state index is 12.9. The molecule has 0 radical (unpaired) electrons. The Kier molecular flexibility index (Phi) is 3.13. The van der Waals surface area contributed by atoms with Crippen molar-refractivity contribution in [3.8, 4) is 0 Å². The highest BCUT2D eigenvalue weighted by atomic mass is 35.5. The number of hydrogen-bond acceptors (Lipinski definition) is 7. The first-order chi connectivity index (χ1) is 12.2. The van der Waals surface area contributed by atoms with Crippen LogP contribution in [0.5, 0.6) is 0 Å². The van der Waals surface area contributed by atoms with Crippen molar-refractivity contribution in [1.29, 1.82) is 0 Å². The van der Waals surface area contributed by atoms with Gasteiger partial charge in [-0.15, -0.1) is 0 Å². The first-order valence-electron chi connectivity index (χ1n) is 8.12. The van der Waals surface area contributed by atoms with Gasteiger partial charge < -0.3 is 20.1 Å². The summed E-state index contributed by atoms with van der Waals surface area (Å²) in [7, 11) is 0. The van der Waals surface area contributed by atoms with E-state index in [0.717, 1.165) is 12.1 Å². The summed E-state index contributed by atoms with van der Waals surface area (Å²) in [4.78, 5) is 25.8. The third-order valence-corrected chi connectivity index (χ3v) is 5.44. The number of halogens is 1. The number of amides is 1. The summed E-state index contributed by atoms with van der Waals surface area (Å²) in [6.07, 6.45) is 2.65. The molecule has 1 aromatic carbocycles. The summed E-state index contributed by atoms with van der Waals surface area (Å²) < 4.78 is 5.15. The standard InChI is InChI=1S/C16H15ClN6O2/c17-8-2-1-3-9-12(8)16(24)22-5-4-10(22)14-13(19-7-23(9)14)15-20-11(6-18)25-21-15/h1-3,7,10,13-14H,4-6,18H2. The average Bonchev–Trinajstić information content (AvgIpc) is 3.18. The zero-order valence-electron chi connectivity index (χ0n) is 13.2. The average molecular weight is 359 g/mol. The number of carbonyl (C=O) groups excluding carboxylic acids is 1. The van der Waals surface area contributed by atoms with Crippen LogP contribution in [0.2, 0.25) is 5.02 Å². The number of fused-ring (bicyclic) bond motifs is 5. The van der Waals surface area contributed by atoms with E-state index in [1.165, 1.54) is 0 Å². The third kappa shape index (κ3) is 1.98. The van der Waals surface area contributed by atoms with Gasteiger partial charge in [0.25, 0.3) is 5.91 Å². The fourth-order valence-electron chi connectivity index (χ4n) is 3.87. The minimum Gasteiger partial charge on any atom is -0.338 e. The van der Waals surface area contributed by atoms with Gasteiger partial charge in [-0.05, 0) is 18.6 Å². The lowest BCUT2D eigenvalue weighted by atomic mass is 9.90. The molecule has 1 fully saturated rings. The van der Waals surface area contributed by atoms with E-state index in [9.17, 15) is 4.79 Å². The molecular formula is C16H15ClN6O2. The Morgan fingerprint density at radius 1 is 1.40 bits per heavy atom. The Morgan fingerprint density at radius 3 is 3.00 bits per heavy atom. The maximum absolute atomic E-state index is 12.9. The van der Waals surface area contributed by atoms with Crippen LogP contribution >= 0.6 is 11.6 Å². The van der Waals surface area contributed by atoms with Crippen molar-refractivity contribution in [2.75, 3.05) is 11.4 Å². The fraction of sp³-hybridized carbons (Fsp3) is 0.375. The monoisotopic (exact) mass is 358 g/mol. The zero-order valence-corrected chi connectivity index (χ0v) is 13.9. The van der Waals surface area contributed by atoms with Crippen LogP contribution in [0.3, 0.4) is 0 Å². The van der Waals surface area contributed by atoms with Crippen molar-refractivity contribution in [1.82, 2.24) is 15.0 Å². The lowest BCUT2D eigenvalue weighted by Gasteiger charge is -2.45. The molecular weight excluding hydrogens is 344 g/mol. The highest BCUT2D eigenvalue weighted by Crippen LogP contribution is 2.44. The highest BCUT2D eigenvalue weighted by Gasteiger charge is 2.51. The van der Waals surface area contributed by atoms with Gasteiger partial charge in [0.1, 0.15) is 6.04 Å². The quantitative estimate of drug-likeness (QED) is 0.870. The molecule has 0 saturated carbocycles. The number of aliphatic imine (C=N–C) groups is 1. The fourth-order valence-corrected chi connectivity index (χ4v) is 4.12. The summed E-state index contributed by atoms with van der Waals surface area (Å²) in [5, 5.41) is 4.49. The van der Waals surface area contributed by atoms with Gasteiger partial charge in [0.2, 0.25) is 5.89 Å². The molecule has 2 aromatic rings. The second kappa shape index (κ2) is 5.27. The van der Waals surface area contributed by atoms with Crippen LogP contribution in [-0.4, -0.2) is 45.9 Å². The van der Waals surface area contributed by atoms with E-state index >= 15 is 0 Å². The van der Waals surface area contributed by atoms with Crippen molar-refractivity contribution in [3.63, 3.8) is 0 Å². The minimum absolute atomic E-state index is 0.0308. The van der Waals surface area contributed by atoms with Crippen LogP contribution in [0, 0.1) is 0 Å². The number of hydrogen-bond donors (Lipinski definition) is 1. The van der Waals surface area contributed by atoms with Crippen LogP contribution in [0.1, 0.15) is 34.5 Å². The van der Waals surface area contributed by atoms with E-state index in [0.29, 0.717) is 28.8 Å². The topological polar surface area (TPSA) is 101 Å². The van der Waals surface area contributed by atoms with Crippen molar-refractivity contribution in [2.45, 2.75) is 31.1 Å². The van der Waals surface area contributed by atoms with Crippen molar-refractivity contribution < 1.29 is 9.32 Å². The summed E-state index contributed by atoms with van der Waals surface area (Å²) >= 11 is 6.34. The van der Waals surface area contributed by atoms with Gasteiger partial charge in [0.15, 0.2) is 5.82 Å². The highest BCUT2D eigenvalue weighted by molar-refractivity contribution is 6.35. The zero-order chi connectivity index (χ0) is 17.1. The molecule has 9 heteroatoms.